The molecule has 0 aliphatic carbocycles. The molecule has 1 atom stereocenters. The minimum atomic E-state index is 0.186. The standard InChI is InChI=1S/C11H25NO2/c1-3-4-5-6-8-14-9-7-11(10-13)12-2/h11-13H,3-10H2,1-2H3. The molecule has 0 fully saturated rings. The lowest BCUT2D eigenvalue weighted by Crippen LogP contribution is -2.30. The van der Waals surface area contributed by atoms with E-state index in [2.05, 4.69) is 12.2 Å². The van der Waals surface area contributed by atoms with Crippen LogP contribution in [0.4, 0.5) is 0 Å². The highest BCUT2D eigenvalue weighted by atomic mass is 16.5. The molecule has 2 N–H and O–H groups in total. The predicted octanol–water partition coefficient (Wildman–Crippen LogP) is 1.55. The summed E-state index contributed by atoms with van der Waals surface area (Å²) in [6, 6.07) is 0.186. The zero-order chi connectivity index (χ0) is 10.6. The normalized spacial score (nSPS) is 13.1. The first kappa shape index (κ1) is 13.9. The van der Waals surface area contributed by atoms with E-state index in [4.69, 9.17) is 9.84 Å². The van der Waals surface area contributed by atoms with E-state index in [1.54, 1.807) is 0 Å². The molecule has 0 aromatic heterocycles. The van der Waals surface area contributed by atoms with Crippen molar-refractivity contribution < 1.29 is 9.84 Å². The Morgan fingerprint density at radius 1 is 1.21 bits per heavy atom. The number of aliphatic hydroxyl groups excluding tert-OH is 1. The van der Waals surface area contributed by atoms with Gasteiger partial charge in [0, 0.05) is 19.3 Å². The molecule has 0 saturated carbocycles. The minimum Gasteiger partial charge on any atom is -0.395 e. The van der Waals surface area contributed by atoms with Crippen LogP contribution in [0, 0.1) is 0 Å². The summed E-state index contributed by atoms with van der Waals surface area (Å²) in [5, 5.41) is 11.9. The molecule has 0 aliphatic rings. The molecule has 0 aromatic carbocycles. The van der Waals surface area contributed by atoms with Crippen LogP contribution in [0.25, 0.3) is 0 Å². The van der Waals surface area contributed by atoms with E-state index < -0.39 is 0 Å². The number of likely N-dealkylation sites (N-methyl/N-ethyl adjacent to an activating group) is 1. The lowest BCUT2D eigenvalue weighted by molar-refractivity contribution is 0.112. The second kappa shape index (κ2) is 11.0. The Balaban J connectivity index is 3.04. The van der Waals surface area contributed by atoms with Crippen molar-refractivity contribution in [2.24, 2.45) is 0 Å². The molecule has 0 radical (unpaired) electrons. The zero-order valence-corrected chi connectivity index (χ0v) is 9.59. The molecule has 0 heterocycles. The van der Waals surface area contributed by atoms with Gasteiger partial charge in [-0.05, 0) is 19.9 Å². The van der Waals surface area contributed by atoms with E-state index >= 15 is 0 Å². The first-order chi connectivity index (χ1) is 6.85. The molecule has 0 aliphatic heterocycles. The molecule has 0 spiro atoms. The monoisotopic (exact) mass is 203 g/mol. The molecular formula is C11H25NO2. The van der Waals surface area contributed by atoms with Gasteiger partial charge in [-0.3, -0.25) is 0 Å². The van der Waals surface area contributed by atoms with Crippen molar-refractivity contribution in [1.29, 1.82) is 0 Å². The van der Waals surface area contributed by atoms with Crippen molar-refractivity contribution in [2.45, 2.75) is 45.1 Å². The van der Waals surface area contributed by atoms with Crippen LogP contribution in [0.15, 0.2) is 0 Å². The molecule has 0 saturated heterocycles. The summed E-state index contributed by atoms with van der Waals surface area (Å²) in [6.07, 6.45) is 5.90. The van der Waals surface area contributed by atoms with Crippen LogP contribution in [0.3, 0.4) is 0 Å². The van der Waals surface area contributed by atoms with E-state index in [0.29, 0.717) is 0 Å². The first-order valence-electron chi connectivity index (χ1n) is 5.71. The molecule has 0 aromatic rings. The number of nitrogens with one attached hydrogen (secondary N) is 1. The third-order valence-corrected chi connectivity index (χ3v) is 2.38. The molecule has 3 heteroatoms. The van der Waals surface area contributed by atoms with E-state index in [9.17, 15) is 0 Å². The first-order valence-corrected chi connectivity index (χ1v) is 5.71. The van der Waals surface area contributed by atoms with Gasteiger partial charge in [0.05, 0.1) is 6.61 Å². The fourth-order valence-corrected chi connectivity index (χ4v) is 1.29. The molecule has 1 unspecified atom stereocenters. The second-order valence-corrected chi connectivity index (χ2v) is 3.63. The maximum atomic E-state index is 8.88. The summed E-state index contributed by atoms with van der Waals surface area (Å²) >= 11 is 0. The average Bonchev–Trinajstić information content (AvgIpc) is 2.22. The summed E-state index contributed by atoms with van der Waals surface area (Å²) in [5.74, 6) is 0. The third kappa shape index (κ3) is 8.48. The summed E-state index contributed by atoms with van der Waals surface area (Å²) < 4.78 is 5.46. The van der Waals surface area contributed by atoms with Crippen molar-refractivity contribution >= 4 is 0 Å². The number of aliphatic hydroxyl groups is 1. The maximum Gasteiger partial charge on any atom is 0.0585 e. The topological polar surface area (TPSA) is 41.5 Å². The highest BCUT2D eigenvalue weighted by Gasteiger charge is 2.02. The Bertz CT molecular complexity index is 105. The number of ether oxygens (including phenoxy) is 1. The lowest BCUT2D eigenvalue weighted by atomic mass is 10.2. The SMILES string of the molecule is CCCCCCOCCC(CO)NC. The fraction of sp³-hybridized carbons (Fsp3) is 1.00. The molecule has 86 valence electrons. The van der Waals surface area contributed by atoms with Crippen molar-refractivity contribution in [3.63, 3.8) is 0 Å². The quantitative estimate of drug-likeness (QED) is 0.529. The van der Waals surface area contributed by atoms with Crippen molar-refractivity contribution in [1.82, 2.24) is 5.32 Å². The number of rotatable bonds is 10. The number of unbranched alkanes of at least 4 members (excludes halogenated alkanes) is 3. The molecule has 0 rings (SSSR count). The van der Waals surface area contributed by atoms with Crippen molar-refractivity contribution in [3.8, 4) is 0 Å². The maximum absolute atomic E-state index is 8.88. The van der Waals surface area contributed by atoms with Crippen molar-refractivity contribution in [3.05, 3.63) is 0 Å². The summed E-state index contributed by atoms with van der Waals surface area (Å²) in [6.45, 7) is 4.01. The predicted molar refractivity (Wildman–Crippen MR) is 59.5 cm³/mol. The molecule has 0 bridgehead atoms. The van der Waals surface area contributed by atoms with Crippen LogP contribution in [-0.4, -0.2) is 38.0 Å². The highest BCUT2D eigenvalue weighted by Crippen LogP contribution is 1.99. The number of hydrogen-bond donors (Lipinski definition) is 2. The Hall–Kier alpha value is -0.120. The van der Waals surface area contributed by atoms with Gasteiger partial charge in [0.25, 0.3) is 0 Å². The van der Waals surface area contributed by atoms with Crippen LogP contribution in [-0.2, 0) is 4.74 Å². The van der Waals surface area contributed by atoms with E-state index in [1.165, 1.54) is 19.3 Å². The average molecular weight is 203 g/mol. The van der Waals surface area contributed by atoms with Gasteiger partial charge in [-0.2, -0.15) is 0 Å². The third-order valence-electron chi connectivity index (χ3n) is 2.38. The van der Waals surface area contributed by atoms with Gasteiger partial charge in [0.15, 0.2) is 0 Å². The molecule has 3 nitrogen and oxygen atoms in total. The summed E-state index contributed by atoms with van der Waals surface area (Å²) in [7, 11) is 1.86. The molecule has 0 amide bonds. The smallest absolute Gasteiger partial charge is 0.0585 e. The van der Waals surface area contributed by atoms with Crippen LogP contribution >= 0.6 is 0 Å². The Morgan fingerprint density at radius 3 is 2.57 bits per heavy atom. The van der Waals surface area contributed by atoms with Crippen LogP contribution in [0.1, 0.15) is 39.0 Å². The second-order valence-electron chi connectivity index (χ2n) is 3.63. The Morgan fingerprint density at radius 2 is 2.00 bits per heavy atom. The van der Waals surface area contributed by atoms with Gasteiger partial charge in [-0.25, -0.2) is 0 Å². The van der Waals surface area contributed by atoms with Gasteiger partial charge < -0.3 is 15.2 Å². The van der Waals surface area contributed by atoms with Crippen molar-refractivity contribution in [2.75, 3.05) is 26.9 Å². The van der Waals surface area contributed by atoms with E-state index in [0.717, 1.165) is 26.1 Å². The summed E-state index contributed by atoms with van der Waals surface area (Å²) in [4.78, 5) is 0. The summed E-state index contributed by atoms with van der Waals surface area (Å²) in [5.41, 5.74) is 0. The van der Waals surface area contributed by atoms with Gasteiger partial charge in [0.2, 0.25) is 0 Å². The van der Waals surface area contributed by atoms with Gasteiger partial charge in [-0.15, -0.1) is 0 Å². The zero-order valence-electron chi connectivity index (χ0n) is 9.59. The highest BCUT2D eigenvalue weighted by molar-refractivity contribution is 4.60. The van der Waals surface area contributed by atoms with Gasteiger partial charge >= 0.3 is 0 Å². The minimum absolute atomic E-state index is 0.186. The fourth-order valence-electron chi connectivity index (χ4n) is 1.29. The van der Waals surface area contributed by atoms with E-state index in [1.807, 2.05) is 7.05 Å². The largest absolute Gasteiger partial charge is 0.395 e. The van der Waals surface area contributed by atoms with Crippen LogP contribution in [0.2, 0.25) is 0 Å². The Kier molecular flexibility index (Phi) is 10.9. The van der Waals surface area contributed by atoms with Crippen LogP contribution in [0.5, 0.6) is 0 Å². The Labute approximate surface area is 87.8 Å². The van der Waals surface area contributed by atoms with E-state index in [-0.39, 0.29) is 12.6 Å². The molecular weight excluding hydrogens is 178 g/mol. The number of hydrogen-bond acceptors (Lipinski definition) is 3. The van der Waals surface area contributed by atoms with Gasteiger partial charge in [0.1, 0.15) is 0 Å². The molecule has 14 heavy (non-hydrogen) atoms. The van der Waals surface area contributed by atoms with Crippen LogP contribution < -0.4 is 5.32 Å². The van der Waals surface area contributed by atoms with Gasteiger partial charge in [-0.1, -0.05) is 26.2 Å². The lowest BCUT2D eigenvalue weighted by Gasteiger charge is -2.12.